The Hall–Kier alpha value is -2.62. The Bertz CT molecular complexity index is 738. The van der Waals surface area contributed by atoms with E-state index in [9.17, 15) is 0 Å². The summed E-state index contributed by atoms with van der Waals surface area (Å²) in [7, 11) is 0. The van der Waals surface area contributed by atoms with Crippen molar-refractivity contribution in [2.75, 3.05) is 5.73 Å². The zero-order valence-electron chi connectivity index (χ0n) is 10.6. The number of imidazole rings is 1. The molecule has 0 atom stereocenters. The molecule has 0 aliphatic heterocycles. The van der Waals surface area contributed by atoms with Gasteiger partial charge >= 0.3 is 0 Å². The molecule has 0 aliphatic rings. The molecule has 2 N–H and O–H groups in total. The number of aryl methyl sites for hydroxylation is 1. The minimum absolute atomic E-state index is 0.393. The largest absolute Gasteiger partial charge is 0.368 e. The topological polar surface area (TPSA) is 56.2 Å². The first-order chi connectivity index (χ1) is 9.24. The number of anilines is 1. The van der Waals surface area contributed by atoms with Crippen molar-refractivity contribution in [3.05, 3.63) is 59.7 Å². The fraction of sp³-hybridized carbons (Fsp3) is 0.0667. The maximum atomic E-state index is 5.88. The Morgan fingerprint density at radius 3 is 2.63 bits per heavy atom. The van der Waals surface area contributed by atoms with Crippen LogP contribution in [0.15, 0.2) is 53.6 Å². The normalized spacial score (nSPS) is 11.4. The maximum Gasteiger partial charge on any atom is 0.222 e. The summed E-state index contributed by atoms with van der Waals surface area (Å²) in [5.41, 5.74) is 9.89. The second-order valence-corrected chi connectivity index (χ2v) is 4.43. The van der Waals surface area contributed by atoms with Crippen LogP contribution in [-0.4, -0.2) is 15.9 Å². The first-order valence-corrected chi connectivity index (χ1v) is 6.08. The van der Waals surface area contributed by atoms with Crippen LogP contribution in [0.2, 0.25) is 0 Å². The van der Waals surface area contributed by atoms with Crippen molar-refractivity contribution < 1.29 is 0 Å². The minimum Gasteiger partial charge on any atom is -0.368 e. The van der Waals surface area contributed by atoms with Crippen LogP contribution in [0.3, 0.4) is 0 Å². The van der Waals surface area contributed by atoms with Gasteiger partial charge < -0.3 is 5.73 Å². The Balaban J connectivity index is 2.01. The Kier molecular flexibility index (Phi) is 2.76. The molecule has 0 bridgehead atoms. The van der Waals surface area contributed by atoms with Gasteiger partial charge in [-0.15, -0.1) is 0 Å². The standard InChI is InChI=1S/C15H14N4/c1-11-6-8-12(9-7-11)10-17-19-14-5-3-2-4-13(14)18-15(19)16/h2-10H,1H3,(H2,16,18)/b17-10+. The number of aromatic nitrogens is 2. The van der Waals surface area contributed by atoms with E-state index in [1.165, 1.54) is 5.56 Å². The van der Waals surface area contributed by atoms with Crippen molar-refractivity contribution in [1.82, 2.24) is 9.66 Å². The Labute approximate surface area is 111 Å². The molecule has 1 heterocycles. The van der Waals surface area contributed by atoms with Gasteiger partial charge in [-0.1, -0.05) is 42.0 Å². The zero-order chi connectivity index (χ0) is 13.2. The van der Waals surface area contributed by atoms with E-state index in [4.69, 9.17) is 5.73 Å². The first-order valence-electron chi connectivity index (χ1n) is 6.08. The third kappa shape index (κ3) is 2.20. The van der Waals surface area contributed by atoms with Crippen LogP contribution in [0.5, 0.6) is 0 Å². The summed E-state index contributed by atoms with van der Waals surface area (Å²) in [4.78, 5) is 4.27. The van der Waals surface area contributed by atoms with Gasteiger partial charge in [0.1, 0.15) is 0 Å². The Morgan fingerprint density at radius 1 is 1.11 bits per heavy atom. The molecule has 19 heavy (non-hydrogen) atoms. The van der Waals surface area contributed by atoms with Crippen molar-refractivity contribution in [2.24, 2.45) is 5.10 Å². The summed E-state index contributed by atoms with van der Waals surface area (Å²) in [6.45, 7) is 2.06. The summed E-state index contributed by atoms with van der Waals surface area (Å²) in [5.74, 6) is 0.393. The number of hydrogen-bond donors (Lipinski definition) is 1. The van der Waals surface area contributed by atoms with Gasteiger partial charge in [-0.2, -0.15) is 9.78 Å². The molecule has 2 aromatic carbocycles. The van der Waals surface area contributed by atoms with E-state index >= 15 is 0 Å². The highest BCUT2D eigenvalue weighted by Gasteiger charge is 2.05. The average molecular weight is 250 g/mol. The lowest BCUT2D eigenvalue weighted by Crippen LogP contribution is -1.97. The van der Waals surface area contributed by atoms with Crippen molar-refractivity contribution >= 4 is 23.2 Å². The minimum atomic E-state index is 0.393. The molecule has 0 radical (unpaired) electrons. The lowest BCUT2D eigenvalue weighted by atomic mass is 10.2. The molecule has 0 amide bonds. The van der Waals surface area contributed by atoms with Gasteiger partial charge in [0.2, 0.25) is 5.95 Å². The van der Waals surface area contributed by atoms with Gasteiger partial charge in [-0.3, -0.25) is 0 Å². The molecule has 0 spiro atoms. The number of nitrogen functional groups attached to an aromatic ring is 1. The first kappa shape index (κ1) is 11.5. The van der Waals surface area contributed by atoms with Crippen LogP contribution < -0.4 is 5.73 Å². The number of rotatable bonds is 2. The highest BCUT2D eigenvalue weighted by molar-refractivity contribution is 5.82. The van der Waals surface area contributed by atoms with Gasteiger partial charge in [-0.25, -0.2) is 4.98 Å². The third-order valence-corrected chi connectivity index (χ3v) is 2.96. The summed E-state index contributed by atoms with van der Waals surface area (Å²) in [6.07, 6.45) is 1.78. The average Bonchev–Trinajstić information content (AvgIpc) is 2.74. The predicted octanol–water partition coefficient (Wildman–Crippen LogP) is 2.81. The summed E-state index contributed by atoms with van der Waals surface area (Å²) in [5, 5.41) is 4.40. The quantitative estimate of drug-likeness (QED) is 0.711. The molecule has 0 saturated heterocycles. The van der Waals surface area contributed by atoms with Gasteiger partial charge in [0, 0.05) is 0 Å². The van der Waals surface area contributed by atoms with Gasteiger partial charge in [-0.05, 0) is 24.6 Å². The monoisotopic (exact) mass is 250 g/mol. The van der Waals surface area contributed by atoms with E-state index < -0.39 is 0 Å². The molecule has 0 unspecified atom stereocenters. The molecule has 0 fully saturated rings. The van der Waals surface area contributed by atoms with Crippen LogP contribution in [0.1, 0.15) is 11.1 Å². The summed E-state index contributed by atoms with van der Waals surface area (Å²) < 4.78 is 1.65. The van der Waals surface area contributed by atoms with Crippen molar-refractivity contribution in [1.29, 1.82) is 0 Å². The molecular formula is C15H14N4. The number of para-hydroxylation sites is 2. The van der Waals surface area contributed by atoms with Crippen LogP contribution in [0, 0.1) is 6.92 Å². The highest BCUT2D eigenvalue weighted by Crippen LogP contribution is 2.16. The number of nitrogens with two attached hydrogens (primary N) is 1. The molecule has 1 aromatic heterocycles. The molecule has 4 nitrogen and oxygen atoms in total. The fourth-order valence-electron chi connectivity index (χ4n) is 1.93. The number of fused-ring (bicyclic) bond motifs is 1. The fourth-order valence-corrected chi connectivity index (χ4v) is 1.93. The SMILES string of the molecule is Cc1ccc(/C=N/n2c(N)nc3ccccc32)cc1. The molecule has 0 saturated carbocycles. The van der Waals surface area contributed by atoms with E-state index in [1.807, 2.05) is 36.4 Å². The second kappa shape index (κ2) is 4.57. The lowest BCUT2D eigenvalue weighted by Gasteiger charge is -1.98. The summed E-state index contributed by atoms with van der Waals surface area (Å²) >= 11 is 0. The number of hydrogen-bond acceptors (Lipinski definition) is 3. The van der Waals surface area contributed by atoms with E-state index in [0.717, 1.165) is 16.6 Å². The van der Waals surface area contributed by atoms with Crippen molar-refractivity contribution in [3.8, 4) is 0 Å². The summed E-state index contributed by atoms with van der Waals surface area (Å²) in [6, 6.07) is 15.9. The predicted molar refractivity (Wildman–Crippen MR) is 78.3 cm³/mol. The van der Waals surface area contributed by atoms with Crippen LogP contribution in [-0.2, 0) is 0 Å². The second-order valence-electron chi connectivity index (χ2n) is 4.43. The molecule has 3 aromatic rings. The molecule has 4 heteroatoms. The Morgan fingerprint density at radius 2 is 1.84 bits per heavy atom. The van der Waals surface area contributed by atoms with Crippen molar-refractivity contribution in [3.63, 3.8) is 0 Å². The van der Waals surface area contributed by atoms with Gasteiger partial charge in [0.25, 0.3) is 0 Å². The van der Waals surface area contributed by atoms with Gasteiger partial charge in [0.05, 0.1) is 17.2 Å². The molecule has 94 valence electrons. The number of nitrogens with zero attached hydrogens (tertiary/aromatic N) is 3. The van der Waals surface area contributed by atoms with E-state index in [0.29, 0.717) is 5.95 Å². The molecule has 0 aliphatic carbocycles. The van der Waals surface area contributed by atoms with Crippen LogP contribution in [0.25, 0.3) is 11.0 Å². The molecule has 3 rings (SSSR count). The van der Waals surface area contributed by atoms with E-state index in [-0.39, 0.29) is 0 Å². The smallest absolute Gasteiger partial charge is 0.222 e. The van der Waals surface area contributed by atoms with Gasteiger partial charge in [0.15, 0.2) is 0 Å². The lowest BCUT2D eigenvalue weighted by molar-refractivity contribution is 0.931. The van der Waals surface area contributed by atoms with Crippen LogP contribution in [0.4, 0.5) is 5.95 Å². The zero-order valence-corrected chi connectivity index (χ0v) is 10.6. The maximum absolute atomic E-state index is 5.88. The molecular weight excluding hydrogens is 236 g/mol. The van der Waals surface area contributed by atoms with Crippen molar-refractivity contribution in [2.45, 2.75) is 6.92 Å². The highest BCUT2D eigenvalue weighted by atomic mass is 15.4. The van der Waals surface area contributed by atoms with E-state index in [1.54, 1.807) is 10.9 Å². The number of benzene rings is 2. The van der Waals surface area contributed by atoms with E-state index in [2.05, 4.69) is 29.1 Å². The third-order valence-electron chi connectivity index (χ3n) is 2.96. The van der Waals surface area contributed by atoms with Crippen LogP contribution >= 0.6 is 0 Å².